The van der Waals surface area contributed by atoms with Crippen LogP contribution in [0.1, 0.15) is 42.5 Å². The second kappa shape index (κ2) is 5.86. The molecule has 1 saturated carbocycles. The van der Waals surface area contributed by atoms with Crippen LogP contribution in [0.4, 0.5) is 0 Å². The fraction of sp³-hybridized carbons (Fsp3) is 0.500. The quantitative estimate of drug-likeness (QED) is 0.665. The molecule has 0 heterocycles. The maximum absolute atomic E-state index is 13.3. The molecule has 1 aromatic carbocycles. The van der Waals surface area contributed by atoms with Crippen molar-refractivity contribution in [1.82, 2.24) is 0 Å². The fourth-order valence-electron chi connectivity index (χ4n) is 3.86. The lowest BCUT2D eigenvalue weighted by atomic mass is 9.60. The zero-order valence-corrected chi connectivity index (χ0v) is 12.8. The number of carbonyl (C=O) groups is 1. The summed E-state index contributed by atoms with van der Waals surface area (Å²) in [7, 11) is 1.56. The molecule has 0 saturated heterocycles. The Bertz CT molecular complexity index is 607. The van der Waals surface area contributed by atoms with E-state index in [0.29, 0.717) is 11.3 Å². The molecule has 0 amide bonds. The van der Waals surface area contributed by atoms with Crippen molar-refractivity contribution in [3.8, 4) is 5.75 Å². The molecule has 4 nitrogen and oxygen atoms in total. The van der Waals surface area contributed by atoms with Gasteiger partial charge in [-0.3, -0.25) is 4.79 Å². The Morgan fingerprint density at radius 1 is 1.27 bits per heavy atom. The highest BCUT2D eigenvalue weighted by Crippen LogP contribution is 2.50. The predicted octanol–water partition coefficient (Wildman–Crippen LogP) is 2.49. The molecule has 3 rings (SSSR count). The second-order valence-corrected chi connectivity index (χ2v) is 6.27. The van der Waals surface area contributed by atoms with Crippen molar-refractivity contribution in [2.75, 3.05) is 7.11 Å². The normalized spacial score (nSPS) is 31.1. The third-order valence-corrected chi connectivity index (χ3v) is 5.02. The molecule has 1 aromatic rings. The summed E-state index contributed by atoms with van der Waals surface area (Å²) in [4.78, 5) is 13.3. The summed E-state index contributed by atoms with van der Waals surface area (Å²) in [6, 6.07) is 7.22. The van der Waals surface area contributed by atoms with Crippen molar-refractivity contribution in [2.45, 2.75) is 44.3 Å². The summed E-state index contributed by atoms with van der Waals surface area (Å²) in [6.45, 7) is 0. The Labute approximate surface area is 130 Å². The summed E-state index contributed by atoms with van der Waals surface area (Å²) in [5.74, 6) is 0.564. The van der Waals surface area contributed by atoms with Gasteiger partial charge in [0.2, 0.25) is 0 Å². The molecule has 1 fully saturated rings. The average Bonchev–Trinajstić information content (AvgIpc) is 2.55. The zero-order valence-electron chi connectivity index (χ0n) is 12.8. The van der Waals surface area contributed by atoms with Crippen LogP contribution < -0.4 is 4.74 Å². The van der Waals surface area contributed by atoms with E-state index < -0.39 is 17.6 Å². The van der Waals surface area contributed by atoms with Crippen LogP contribution in [0.2, 0.25) is 0 Å². The number of aliphatic hydroxyl groups excluding tert-OH is 2. The Balaban J connectivity index is 2.06. The van der Waals surface area contributed by atoms with E-state index in [2.05, 4.69) is 0 Å². The summed E-state index contributed by atoms with van der Waals surface area (Å²) < 4.78 is 5.33. The number of aliphatic hydroxyl groups is 2. The van der Waals surface area contributed by atoms with Crippen LogP contribution in [0.25, 0.3) is 0 Å². The van der Waals surface area contributed by atoms with Crippen LogP contribution >= 0.6 is 0 Å². The van der Waals surface area contributed by atoms with Gasteiger partial charge in [0.05, 0.1) is 30.3 Å². The van der Waals surface area contributed by atoms with Gasteiger partial charge in [0.25, 0.3) is 0 Å². The molecule has 2 aliphatic carbocycles. The lowest BCUT2D eigenvalue weighted by Crippen LogP contribution is -2.45. The van der Waals surface area contributed by atoms with Crippen molar-refractivity contribution < 1.29 is 19.7 Å². The Morgan fingerprint density at radius 3 is 2.82 bits per heavy atom. The minimum atomic E-state index is -0.888. The van der Waals surface area contributed by atoms with Crippen molar-refractivity contribution in [1.29, 1.82) is 0 Å². The van der Waals surface area contributed by atoms with Crippen LogP contribution in [0.3, 0.4) is 0 Å². The van der Waals surface area contributed by atoms with Gasteiger partial charge in [-0.2, -0.15) is 0 Å². The molecule has 22 heavy (non-hydrogen) atoms. The molecular weight excluding hydrogens is 280 g/mol. The first-order valence-corrected chi connectivity index (χ1v) is 7.83. The number of rotatable bonds is 3. The number of fused-ring (bicyclic) bond motifs is 1. The Morgan fingerprint density at radius 2 is 2.05 bits per heavy atom. The van der Waals surface area contributed by atoms with Gasteiger partial charge in [-0.25, -0.2) is 0 Å². The summed E-state index contributed by atoms with van der Waals surface area (Å²) in [6.07, 6.45) is 3.74. The van der Waals surface area contributed by atoms with Gasteiger partial charge in [0, 0.05) is 0 Å². The number of hydrogen-bond donors (Lipinski definition) is 2. The number of para-hydroxylation sites is 1. The van der Waals surface area contributed by atoms with Crippen molar-refractivity contribution >= 4 is 5.78 Å². The first kappa shape index (κ1) is 15.3. The lowest BCUT2D eigenvalue weighted by molar-refractivity contribution is 0.00233. The van der Waals surface area contributed by atoms with Crippen molar-refractivity contribution in [2.24, 2.45) is 5.41 Å². The van der Waals surface area contributed by atoms with E-state index in [4.69, 9.17) is 4.74 Å². The Hall–Kier alpha value is -1.65. The second-order valence-electron chi connectivity index (χ2n) is 6.27. The number of carbonyl (C=O) groups excluding carboxylic acids is 1. The van der Waals surface area contributed by atoms with Crippen LogP contribution in [-0.4, -0.2) is 35.3 Å². The highest BCUT2D eigenvalue weighted by Gasteiger charge is 2.48. The molecule has 4 heteroatoms. The number of ketones is 1. The average molecular weight is 302 g/mol. The number of allylic oxidation sites excluding steroid dienone is 1. The van der Waals surface area contributed by atoms with Gasteiger partial charge in [0.1, 0.15) is 5.75 Å². The van der Waals surface area contributed by atoms with E-state index >= 15 is 0 Å². The molecule has 0 spiro atoms. The smallest absolute Gasteiger partial charge is 0.176 e. The van der Waals surface area contributed by atoms with Gasteiger partial charge in [-0.1, -0.05) is 30.2 Å². The van der Waals surface area contributed by atoms with Gasteiger partial charge in [0.15, 0.2) is 5.78 Å². The van der Waals surface area contributed by atoms with E-state index in [1.807, 2.05) is 12.1 Å². The first-order valence-electron chi connectivity index (χ1n) is 7.83. The molecular formula is C18H22O4. The number of benzene rings is 1. The van der Waals surface area contributed by atoms with E-state index in [1.165, 1.54) is 0 Å². The molecule has 2 unspecified atom stereocenters. The minimum Gasteiger partial charge on any atom is -0.496 e. The van der Waals surface area contributed by atoms with Gasteiger partial charge < -0.3 is 14.9 Å². The van der Waals surface area contributed by atoms with Crippen molar-refractivity contribution in [3.05, 3.63) is 41.5 Å². The molecule has 0 radical (unpaired) electrons. The van der Waals surface area contributed by atoms with E-state index in [0.717, 1.165) is 31.3 Å². The predicted molar refractivity (Wildman–Crippen MR) is 82.9 cm³/mol. The van der Waals surface area contributed by atoms with Gasteiger partial charge >= 0.3 is 0 Å². The summed E-state index contributed by atoms with van der Waals surface area (Å²) in [5.41, 5.74) is 0.847. The van der Waals surface area contributed by atoms with Crippen LogP contribution in [0.5, 0.6) is 5.75 Å². The number of Topliss-reactive ketones (excluding diaryl/α,β-unsaturated/α-hetero) is 1. The number of hydrogen-bond acceptors (Lipinski definition) is 4. The third kappa shape index (κ3) is 2.36. The molecule has 2 N–H and O–H groups in total. The highest BCUT2D eigenvalue weighted by atomic mass is 16.5. The first-order chi connectivity index (χ1) is 10.6. The minimum absolute atomic E-state index is 0.00171. The molecule has 118 valence electrons. The molecule has 0 aromatic heterocycles. The molecule has 2 aliphatic rings. The van der Waals surface area contributed by atoms with E-state index in [-0.39, 0.29) is 12.2 Å². The molecule has 0 aliphatic heterocycles. The maximum Gasteiger partial charge on any atom is 0.176 e. The molecule has 0 bridgehead atoms. The lowest BCUT2D eigenvalue weighted by Gasteiger charge is -2.44. The highest BCUT2D eigenvalue weighted by molar-refractivity contribution is 6.04. The SMILES string of the molecule is COc1ccccc1C(=O)[C@@]12CCCCC1=CC(O)C(O)C2. The van der Waals surface area contributed by atoms with Gasteiger partial charge in [-0.05, 0) is 37.8 Å². The van der Waals surface area contributed by atoms with E-state index in [1.54, 1.807) is 25.3 Å². The standard InChI is InChI=1S/C18H22O4/c1-22-16-8-3-2-7-13(16)17(21)18-9-5-4-6-12(18)10-14(19)15(20)11-18/h2-3,7-8,10,14-15,19-20H,4-6,9,11H2,1H3/t14?,15?,18-/m1/s1. The maximum atomic E-state index is 13.3. The zero-order chi connectivity index (χ0) is 15.7. The van der Waals surface area contributed by atoms with Crippen LogP contribution in [0.15, 0.2) is 35.9 Å². The fourth-order valence-corrected chi connectivity index (χ4v) is 3.86. The molecule has 3 atom stereocenters. The third-order valence-electron chi connectivity index (χ3n) is 5.02. The van der Waals surface area contributed by atoms with E-state index in [9.17, 15) is 15.0 Å². The van der Waals surface area contributed by atoms with Crippen LogP contribution in [-0.2, 0) is 0 Å². The van der Waals surface area contributed by atoms with Crippen LogP contribution in [0, 0.1) is 5.41 Å². The topological polar surface area (TPSA) is 66.8 Å². The monoisotopic (exact) mass is 302 g/mol. The number of methoxy groups -OCH3 is 1. The summed E-state index contributed by atoms with van der Waals surface area (Å²) in [5, 5.41) is 20.0. The van der Waals surface area contributed by atoms with Crippen molar-refractivity contribution in [3.63, 3.8) is 0 Å². The number of ether oxygens (including phenoxy) is 1. The van der Waals surface area contributed by atoms with Gasteiger partial charge in [-0.15, -0.1) is 0 Å². The summed E-state index contributed by atoms with van der Waals surface area (Å²) >= 11 is 0. The Kier molecular flexibility index (Phi) is 4.06. The largest absolute Gasteiger partial charge is 0.496 e.